The molecule has 0 spiro atoms. The van der Waals surface area contributed by atoms with E-state index < -0.39 is 0 Å². The third-order valence-corrected chi connectivity index (χ3v) is 8.54. The van der Waals surface area contributed by atoms with E-state index in [0.29, 0.717) is 18.7 Å². The highest BCUT2D eigenvalue weighted by Gasteiger charge is 2.36. The second kappa shape index (κ2) is 13.2. The monoisotopic (exact) mass is 573 g/mol. The van der Waals surface area contributed by atoms with Gasteiger partial charge in [-0.2, -0.15) is 0 Å². The summed E-state index contributed by atoms with van der Waals surface area (Å²) in [4.78, 5) is 31.0. The van der Waals surface area contributed by atoms with Gasteiger partial charge in [-0.15, -0.1) is 0 Å². The Kier molecular flexibility index (Phi) is 8.73. The Balaban J connectivity index is 1.04. The summed E-state index contributed by atoms with van der Waals surface area (Å²) in [7, 11) is 0. The number of para-hydroxylation sites is 2. The molecule has 2 aliphatic rings. The fourth-order valence-electron chi connectivity index (χ4n) is 6.08. The van der Waals surface area contributed by atoms with Crippen LogP contribution in [0.15, 0.2) is 97.1 Å². The van der Waals surface area contributed by atoms with Crippen molar-refractivity contribution in [2.75, 3.05) is 36.4 Å². The van der Waals surface area contributed by atoms with E-state index in [1.165, 1.54) is 31.2 Å². The van der Waals surface area contributed by atoms with Gasteiger partial charge in [-0.25, -0.2) is 0 Å². The third kappa shape index (κ3) is 6.43. The number of aryl methyl sites for hydroxylation is 1. The Hall–Kier alpha value is -4.58. The van der Waals surface area contributed by atoms with Crippen LogP contribution in [-0.4, -0.2) is 42.9 Å². The molecule has 0 aromatic heterocycles. The van der Waals surface area contributed by atoms with Crippen molar-refractivity contribution in [3.05, 3.63) is 119 Å². The first-order chi connectivity index (χ1) is 21.1. The Morgan fingerprint density at radius 1 is 0.744 bits per heavy atom. The molecule has 0 saturated carbocycles. The molecule has 1 saturated heterocycles. The molecule has 2 heterocycles. The summed E-state index contributed by atoms with van der Waals surface area (Å²) in [6.45, 7) is 5.00. The summed E-state index contributed by atoms with van der Waals surface area (Å²) in [5, 5.41) is 3.02. The molecule has 1 N–H and O–H groups in total. The SMILES string of the molecule is CCCCCCc1ccc(C(=O)Nc2ccc(N3CCN(C(=O)C4c5ccccc5Oc5ccccc54)CC3)cc2)cc1. The quantitative estimate of drug-likeness (QED) is 0.209. The lowest BCUT2D eigenvalue weighted by Crippen LogP contribution is -2.50. The zero-order chi connectivity index (χ0) is 29.6. The summed E-state index contributed by atoms with van der Waals surface area (Å²) in [5.41, 5.74) is 5.63. The zero-order valence-electron chi connectivity index (χ0n) is 24.8. The molecule has 43 heavy (non-hydrogen) atoms. The van der Waals surface area contributed by atoms with Gasteiger partial charge in [-0.3, -0.25) is 9.59 Å². The molecule has 4 aromatic rings. The molecular weight excluding hydrogens is 534 g/mol. The van der Waals surface area contributed by atoms with Gasteiger partial charge in [-0.05, 0) is 66.9 Å². The van der Waals surface area contributed by atoms with Crippen LogP contribution in [0, 0.1) is 0 Å². The van der Waals surface area contributed by atoms with Gasteiger partial charge in [0.05, 0.1) is 5.92 Å². The van der Waals surface area contributed by atoms with E-state index in [2.05, 4.69) is 29.3 Å². The van der Waals surface area contributed by atoms with Gasteiger partial charge in [-0.1, -0.05) is 74.7 Å². The largest absolute Gasteiger partial charge is 0.457 e. The summed E-state index contributed by atoms with van der Waals surface area (Å²) >= 11 is 0. The van der Waals surface area contributed by atoms with E-state index >= 15 is 0 Å². The average Bonchev–Trinajstić information content (AvgIpc) is 3.06. The number of carbonyl (C=O) groups is 2. The minimum atomic E-state index is -0.363. The second-order valence-corrected chi connectivity index (χ2v) is 11.4. The number of piperazine rings is 1. The molecule has 6 heteroatoms. The highest BCUT2D eigenvalue weighted by atomic mass is 16.5. The van der Waals surface area contributed by atoms with Crippen LogP contribution in [0.2, 0.25) is 0 Å². The van der Waals surface area contributed by atoms with Gasteiger partial charge in [0.1, 0.15) is 11.5 Å². The van der Waals surface area contributed by atoms with Gasteiger partial charge < -0.3 is 19.9 Å². The smallest absolute Gasteiger partial charge is 0.255 e. The standard InChI is InChI=1S/C37H39N3O3/c1-2-3-4-5-10-27-15-17-28(18-16-27)36(41)38-29-19-21-30(22-20-29)39-23-25-40(26-24-39)37(42)35-31-11-6-8-13-33(31)43-34-14-9-7-12-32(34)35/h6-9,11-22,35H,2-5,10,23-26H2,1H3,(H,38,41). The molecule has 6 rings (SSSR count). The molecule has 1 fully saturated rings. The maximum Gasteiger partial charge on any atom is 0.255 e. The second-order valence-electron chi connectivity index (χ2n) is 11.4. The van der Waals surface area contributed by atoms with Crippen molar-refractivity contribution < 1.29 is 14.3 Å². The number of ether oxygens (including phenoxy) is 1. The van der Waals surface area contributed by atoms with E-state index in [9.17, 15) is 9.59 Å². The number of hydrogen-bond acceptors (Lipinski definition) is 4. The Morgan fingerprint density at radius 2 is 1.37 bits per heavy atom. The van der Waals surface area contributed by atoms with Crippen LogP contribution in [0.5, 0.6) is 11.5 Å². The van der Waals surface area contributed by atoms with Crippen molar-refractivity contribution in [3.8, 4) is 11.5 Å². The van der Waals surface area contributed by atoms with Crippen LogP contribution in [-0.2, 0) is 11.2 Å². The summed E-state index contributed by atoms with van der Waals surface area (Å²) in [6, 6.07) is 31.6. The predicted octanol–water partition coefficient (Wildman–Crippen LogP) is 7.65. The lowest BCUT2D eigenvalue weighted by Gasteiger charge is -2.38. The van der Waals surface area contributed by atoms with Crippen LogP contribution in [0.25, 0.3) is 0 Å². The van der Waals surface area contributed by atoms with Crippen LogP contribution in [0.4, 0.5) is 11.4 Å². The van der Waals surface area contributed by atoms with E-state index in [1.807, 2.05) is 89.8 Å². The molecule has 2 aliphatic heterocycles. The first-order valence-electron chi connectivity index (χ1n) is 15.5. The van der Waals surface area contributed by atoms with E-state index in [4.69, 9.17) is 4.74 Å². The Bertz CT molecular complexity index is 1510. The van der Waals surface area contributed by atoms with E-state index in [0.717, 1.165) is 53.5 Å². The maximum atomic E-state index is 13.9. The summed E-state index contributed by atoms with van der Waals surface area (Å²) in [6.07, 6.45) is 6.01. The highest BCUT2D eigenvalue weighted by molar-refractivity contribution is 6.04. The van der Waals surface area contributed by atoms with Crippen LogP contribution in [0.1, 0.15) is 65.6 Å². The van der Waals surface area contributed by atoms with Gasteiger partial charge in [0.15, 0.2) is 0 Å². The Morgan fingerprint density at radius 3 is 2.00 bits per heavy atom. The number of carbonyl (C=O) groups excluding carboxylic acids is 2. The average molecular weight is 574 g/mol. The molecule has 0 radical (unpaired) electrons. The van der Waals surface area contributed by atoms with Crippen molar-refractivity contribution in [1.29, 1.82) is 0 Å². The van der Waals surface area contributed by atoms with E-state index in [1.54, 1.807) is 0 Å². The first-order valence-corrected chi connectivity index (χ1v) is 15.5. The van der Waals surface area contributed by atoms with Crippen LogP contribution >= 0.6 is 0 Å². The molecule has 0 bridgehead atoms. The highest BCUT2D eigenvalue weighted by Crippen LogP contribution is 2.44. The van der Waals surface area contributed by atoms with Crippen molar-refractivity contribution in [2.24, 2.45) is 0 Å². The molecule has 2 amide bonds. The minimum Gasteiger partial charge on any atom is -0.457 e. The van der Waals surface area contributed by atoms with Crippen LogP contribution in [0.3, 0.4) is 0 Å². The number of anilines is 2. The van der Waals surface area contributed by atoms with Crippen molar-refractivity contribution in [3.63, 3.8) is 0 Å². The van der Waals surface area contributed by atoms with Gasteiger partial charge in [0.2, 0.25) is 5.91 Å². The molecule has 4 aromatic carbocycles. The molecule has 6 nitrogen and oxygen atoms in total. The lowest BCUT2D eigenvalue weighted by molar-refractivity contribution is -0.132. The number of nitrogens with one attached hydrogen (secondary N) is 1. The number of benzene rings is 4. The number of hydrogen-bond donors (Lipinski definition) is 1. The fraction of sp³-hybridized carbons (Fsp3) is 0.297. The minimum absolute atomic E-state index is 0.103. The number of fused-ring (bicyclic) bond motifs is 2. The van der Waals surface area contributed by atoms with Crippen molar-refractivity contribution in [2.45, 2.75) is 44.9 Å². The summed E-state index contributed by atoms with van der Waals surface area (Å²) in [5.74, 6) is 1.15. The molecule has 0 aliphatic carbocycles. The topological polar surface area (TPSA) is 61.9 Å². The lowest BCUT2D eigenvalue weighted by atomic mass is 9.86. The predicted molar refractivity (Wildman–Crippen MR) is 172 cm³/mol. The van der Waals surface area contributed by atoms with Crippen LogP contribution < -0.4 is 15.0 Å². The van der Waals surface area contributed by atoms with Gasteiger partial charge in [0.25, 0.3) is 5.91 Å². The van der Waals surface area contributed by atoms with E-state index in [-0.39, 0.29) is 17.7 Å². The zero-order valence-corrected chi connectivity index (χ0v) is 24.8. The molecule has 0 unspecified atom stereocenters. The molecule has 220 valence electrons. The first kappa shape index (κ1) is 28.5. The summed E-state index contributed by atoms with van der Waals surface area (Å²) < 4.78 is 6.10. The number of rotatable bonds is 9. The van der Waals surface area contributed by atoms with Gasteiger partial charge in [0, 0.05) is 54.2 Å². The van der Waals surface area contributed by atoms with Crippen molar-refractivity contribution in [1.82, 2.24) is 4.90 Å². The Labute approximate surface area is 254 Å². The molecule has 0 atom stereocenters. The number of nitrogens with zero attached hydrogens (tertiary/aromatic N) is 2. The molecular formula is C37H39N3O3. The third-order valence-electron chi connectivity index (χ3n) is 8.54. The van der Waals surface area contributed by atoms with Gasteiger partial charge >= 0.3 is 0 Å². The normalized spacial score (nSPS) is 14.4. The number of unbranched alkanes of at least 4 members (excludes halogenated alkanes) is 3. The fourth-order valence-corrected chi connectivity index (χ4v) is 6.08. The van der Waals surface area contributed by atoms with Crippen molar-refractivity contribution >= 4 is 23.2 Å². The maximum absolute atomic E-state index is 13.9. The number of amides is 2.